The third-order valence-corrected chi connectivity index (χ3v) is 5.74. The third kappa shape index (κ3) is 4.89. The minimum absolute atomic E-state index is 0.236. The predicted molar refractivity (Wildman–Crippen MR) is 124 cm³/mol. The maximum atomic E-state index is 14.0. The highest BCUT2D eigenvalue weighted by molar-refractivity contribution is 6.31. The van der Waals surface area contributed by atoms with Crippen molar-refractivity contribution in [2.45, 2.75) is 26.5 Å². The number of carboxylic acid groups (broad SMARTS) is 1. The van der Waals surface area contributed by atoms with Crippen LogP contribution in [0.4, 0.5) is 4.39 Å². The largest absolute Gasteiger partial charge is 0.479 e. The third-order valence-electron chi connectivity index (χ3n) is 5.11. The van der Waals surface area contributed by atoms with Crippen LogP contribution < -0.4 is 9.47 Å². The molecule has 1 atom stereocenters. The van der Waals surface area contributed by atoms with Crippen molar-refractivity contribution in [2.24, 2.45) is 0 Å². The molecule has 2 aromatic heterocycles. The monoisotopic (exact) mass is 488 g/mol. The molecule has 33 heavy (non-hydrogen) atoms. The number of pyridine rings is 1. The highest BCUT2D eigenvalue weighted by Crippen LogP contribution is 2.37. The minimum Gasteiger partial charge on any atom is -0.479 e. The molecule has 6 nitrogen and oxygen atoms in total. The maximum Gasteiger partial charge on any atom is 0.344 e. The van der Waals surface area contributed by atoms with Crippen LogP contribution in [0.1, 0.15) is 18.2 Å². The molecule has 0 aliphatic carbocycles. The van der Waals surface area contributed by atoms with Gasteiger partial charge in [0.2, 0.25) is 5.95 Å². The number of hydrogen-bond acceptors (Lipinski definition) is 4. The second kappa shape index (κ2) is 9.29. The molecule has 0 bridgehead atoms. The van der Waals surface area contributed by atoms with Gasteiger partial charge in [0.25, 0.3) is 0 Å². The van der Waals surface area contributed by atoms with Gasteiger partial charge in [-0.2, -0.15) is 4.39 Å². The van der Waals surface area contributed by atoms with Crippen molar-refractivity contribution in [1.82, 2.24) is 9.55 Å². The van der Waals surface area contributed by atoms with E-state index in [0.29, 0.717) is 49.6 Å². The summed E-state index contributed by atoms with van der Waals surface area (Å²) in [4.78, 5) is 15.2. The van der Waals surface area contributed by atoms with E-state index in [9.17, 15) is 9.18 Å². The number of halogens is 3. The van der Waals surface area contributed by atoms with Crippen molar-refractivity contribution in [3.05, 3.63) is 81.8 Å². The smallest absolute Gasteiger partial charge is 0.344 e. The lowest BCUT2D eigenvalue weighted by atomic mass is 10.2. The first kappa shape index (κ1) is 22.9. The molecule has 0 unspecified atom stereocenters. The number of carboxylic acids is 1. The lowest BCUT2D eigenvalue weighted by molar-refractivity contribution is -0.144. The van der Waals surface area contributed by atoms with Gasteiger partial charge in [-0.05, 0) is 74.0 Å². The Hall–Kier alpha value is -3.29. The summed E-state index contributed by atoms with van der Waals surface area (Å²) in [6, 6.07) is 14.7. The van der Waals surface area contributed by atoms with Crippen LogP contribution in [-0.2, 0) is 11.3 Å². The van der Waals surface area contributed by atoms with Crippen LogP contribution in [0.2, 0.25) is 10.0 Å². The molecule has 0 aliphatic rings. The van der Waals surface area contributed by atoms with E-state index in [1.54, 1.807) is 53.1 Å². The first-order valence-electron chi connectivity index (χ1n) is 9.99. The summed E-state index contributed by atoms with van der Waals surface area (Å²) in [7, 11) is 0. The number of rotatable bonds is 7. The summed E-state index contributed by atoms with van der Waals surface area (Å²) in [5.41, 5.74) is 1.74. The number of ether oxygens (including phenoxy) is 2. The molecule has 4 aromatic rings. The molecule has 0 aliphatic heterocycles. The van der Waals surface area contributed by atoms with Crippen molar-refractivity contribution in [3.8, 4) is 17.2 Å². The zero-order chi connectivity index (χ0) is 23.7. The predicted octanol–water partition coefficient (Wildman–Crippen LogP) is 6.48. The van der Waals surface area contributed by atoms with Crippen molar-refractivity contribution in [3.63, 3.8) is 0 Å². The summed E-state index contributed by atoms with van der Waals surface area (Å²) in [5.74, 6) is -0.250. The van der Waals surface area contributed by atoms with E-state index in [2.05, 4.69) is 4.98 Å². The van der Waals surface area contributed by atoms with Crippen molar-refractivity contribution < 1.29 is 23.8 Å². The Morgan fingerprint density at radius 2 is 1.82 bits per heavy atom. The fourth-order valence-electron chi connectivity index (χ4n) is 3.40. The standard InChI is InChI=1S/C24H19Cl2FN2O4/c1-13-22(33-17-5-3-16(25)4-6-17)19-8-10-21(27)28-23(19)29(13)12-15-11-18(7-9-20(15)26)32-14(2)24(30)31/h3-11,14H,12H2,1-2H3,(H,30,31)/t14-/m1/s1. The lowest BCUT2D eigenvalue weighted by Crippen LogP contribution is -2.22. The molecule has 0 fully saturated rings. The highest BCUT2D eigenvalue weighted by Gasteiger charge is 2.20. The van der Waals surface area contributed by atoms with Crippen LogP contribution >= 0.6 is 23.2 Å². The molecule has 0 saturated heterocycles. The number of benzene rings is 2. The van der Waals surface area contributed by atoms with Crippen LogP contribution in [0.25, 0.3) is 11.0 Å². The molecule has 1 N–H and O–H groups in total. The van der Waals surface area contributed by atoms with Crippen LogP contribution in [0.15, 0.2) is 54.6 Å². The fourth-order valence-corrected chi connectivity index (χ4v) is 3.70. The van der Waals surface area contributed by atoms with Gasteiger partial charge in [0.1, 0.15) is 17.1 Å². The molecule has 0 saturated carbocycles. The van der Waals surface area contributed by atoms with E-state index in [-0.39, 0.29) is 6.54 Å². The Kier molecular flexibility index (Phi) is 6.44. The Bertz CT molecular complexity index is 1340. The topological polar surface area (TPSA) is 73.6 Å². The summed E-state index contributed by atoms with van der Waals surface area (Å²) in [6.45, 7) is 3.51. The fraction of sp³-hybridized carbons (Fsp3) is 0.167. The Morgan fingerprint density at radius 1 is 1.12 bits per heavy atom. The maximum absolute atomic E-state index is 14.0. The van der Waals surface area contributed by atoms with Crippen molar-refractivity contribution in [1.29, 1.82) is 0 Å². The number of hydrogen-bond donors (Lipinski definition) is 1. The Labute approximate surface area is 199 Å². The quantitative estimate of drug-likeness (QED) is 0.301. The average Bonchev–Trinajstić information content (AvgIpc) is 3.02. The zero-order valence-electron chi connectivity index (χ0n) is 17.7. The minimum atomic E-state index is -1.08. The van der Waals surface area contributed by atoms with Gasteiger partial charge in [-0.1, -0.05) is 23.2 Å². The molecule has 0 radical (unpaired) electrons. The molecular formula is C24H19Cl2FN2O4. The average molecular weight is 489 g/mol. The number of aromatic nitrogens is 2. The molecular weight excluding hydrogens is 470 g/mol. The van der Waals surface area contributed by atoms with Crippen LogP contribution in [0, 0.1) is 12.9 Å². The molecule has 170 valence electrons. The van der Waals surface area contributed by atoms with Crippen molar-refractivity contribution >= 4 is 40.2 Å². The van der Waals surface area contributed by atoms with E-state index in [4.69, 9.17) is 37.8 Å². The van der Waals surface area contributed by atoms with E-state index in [1.807, 2.05) is 6.92 Å². The molecule has 4 rings (SSSR count). The van der Waals surface area contributed by atoms with Gasteiger partial charge in [-0.3, -0.25) is 0 Å². The normalized spacial score (nSPS) is 12.0. The van der Waals surface area contributed by atoms with Crippen molar-refractivity contribution in [2.75, 3.05) is 0 Å². The second-order valence-corrected chi connectivity index (χ2v) is 8.26. The molecule has 2 heterocycles. The summed E-state index contributed by atoms with van der Waals surface area (Å²) >= 11 is 12.4. The van der Waals surface area contributed by atoms with Gasteiger partial charge < -0.3 is 19.1 Å². The first-order chi connectivity index (χ1) is 15.7. The summed E-state index contributed by atoms with van der Waals surface area (Å²) in [5, 5.41) is 10.8. The van der Waals surface area contributed by atoms with Gasteiger partial charge in [0.05, 0.1) is 17.6 Å². The zero-order valence-corrected chi connectivity index (χ0v) is 19.2. The Balaban J connectivity index is 1.75. The molecule has 0 spiro atoms. The number of carbonyl (C=O) groups is 1. The van der Waals surface area contributed by atoms with Gasteiger partial charge in [0, 0.05) is 10.0 Å². The van der Waals surface area contributed by atoms with E-state index < -0.39 is 18.0 Å². The van der Waals surface area contributed by atoms with E-state index in [1.165, 1.54) is 13.0 Å². The highest BCUT2D eigenvalue weighted by atomic mass is 35.5. The molecule has 2 aromatic carbocycles. The number of fused-ring (bicyclic) bond motifs is 1. The Morgan fingerprint density at radius 3 is 2.52 bits per heavy atom. The summed E-state index contributed by atoms with van der Waals surface area (Å²) < 4.78 is 27.4. The van der Waals surface area contributed by atoms with E-state index in [0.717, 1.165) is 0 Å². The molecule has 9 heteroatoms. The second-order valence-electron chi connectivity index (χ2n) is 7.41. The van der Waals surface area contributed by atoms with Crippen LogP contribution in [0.5, 0.6) is 17.2 Å². The van der Waals surface area contributed by atoms with Gasteiger partial charge in [-0.15, -0.1) is 0 Å². The number of aliphatic carboxylic acids is 1. The summed E-state index contributed by atoms with van der Waals surface area (Å²) in [6.07, 6.45) is -1.02. The van der Waals surface area contributed by atoms with Crippen LogP contribution in [0.3, 0.4) is 0 Å². The van der Waals surface area contributed by atoms with Crippen LogP contribution in [-0.4, -0.2) is 26.7 Å². The van der Waals surface area contributed by atoms with Gasteiger partial charge >= 0.3 is 5.97 Å². The SMILES string of the molecule is Cc1c(Oc2ccc(Cl)cc2)c2ccc(F)nc2n1Cc1cc(O[C@H](C)C(=O)O)ccc1Cl. The van der Waals surface area contributed by atoms with Gasteiger partial charge in [-0.25, -0.2) is 9.78 Å². The molecule has 0 amide bonds. The van der Waals surface area contributed by atoms with Gasteiger partial charge in [0.15, 0.2) is 11.9 Å². The first-order valence-corrected chi connectivity index (χ1v) is 10.7. The lowest BCUT2D eigenvalue weighted by Gasteiger charge is -2.14. The van der Waals surface area contributed by atoms with E-state index >= 15 is 0 Å². The number of nitrogens with zero attached hydrogens (tertiary/aromatic N) is 2.